The molecule has 0 aromatic rings. The van der Waals surface area contributed by atoms with Crippen LogP contribution in [0.4, 0.5) is 0 Å². The van der Waals surface area contributed by atoms with Crippen LogP contribution in [0.1, 0.15) is 0 Å². The van der Waals surface area contributed by atoms with Gasteiger partial charge in [-0.15, -0.1) is 10.1 Å². The van der Waals surface area contributed by atoms with Crippen LogP contribution in [0.5, 0.6) is 0 Å². The summed E-state index contributed by atoms with van der Waals surface area (Å²) >= 11 is 0. The maximum absolute atomic E-state index is 8.74. The van der Waals surface area contributed by atoms with Crippen LogP contribution >= 0.6 is 0 Å². The fourth-order valence-electron chi connectivity index (χ4n) is 0. The third-order valence-electron chi connectivity index (χ3n) is 0. The molecule has 0 aliphatic carbocycles. The van der Waals surface area contributed by atoms with E-state index in [1.807, 2.05) is 0 Å². The molecule has 0 atom stereocenters. The number of rotatable bonds is 0. The van der Waals surface area contributed by atoms with Crippen molar-refractivity contribution in [3.63, 3.8) is 0 Å². The number of hydrogen-bond acceptors (Lipinski definition) is 6. The molecule has 0 aliphatic rings. The van der Waals surface area contributed by atoms with Crippen molar-refractivity contribution in [2.24, 2.45) is 0 Å². The van der Waals surface area contributed by atoms with E-state index >= 15 is 0 Å². The molecule has 0 aromatic carbocycles. The molecule has 0 spiro atoms. The van der Waals surface area contributed by atoms with E-state index in [1.165, 1.54) is 0 Å². The van der Waals surface area contributed by atoms with Gasteiger partial charge in [0.15, 0.2) is 0 Å². The molecule has 0 bridgehead atoms. The van der Waals surface area contributed by atoms with Crippen LogP contribution in [0, 0.1) is 10.1 Å². The fourth-order valence-corrected chi connectivity index (χ4v) is 0. The van der Waals surface area contributed by atoms with Gasteiger partial charge in [-0.3, -0.25) is 9.11 Å². The molecule has 0 amide bonds. The standard InChI is InChI=1S/HNO3.2H3N.H2O4S/c2-1(3)4;;;1-5(2,3)4/h(H,2,3,4);2*1H3;(H2,1,2,3,4). The van der Waals surface area contributed by atoms with Gasteiger partial charge in [-0.05, 0) is 0 Å². The molecule has 0 fully saturated rings. The highest BCUT2D eigenvalue weighted by Gasteiger charge is 1.84. The van der Waals surface area contributed by atoms with E-state index in [0.717, 1.165) is 0 Å². The third-order valence-corrected chi connectivity index (χ3v) is 0. The zero-order valence-electron chi connectivity index (χ0n) is 5.24. The number of nitrogens with zero attached hydrogens (tertiary/aromatic N) is 1. The maximum atomic E-state index is 8.74. The summed E-state index contributed by atoms with van der Waals surface area (Å²) < 4.78 is 31.6. The lowest BCUT2D eigenvalue weighted by Gasteiger charge is -1.68. The van der Waals surface area contributed by atoms with E-state index in [0.29, 0.717) is 0 Å². The molecule has 9 N–H and O–H groups in total. The first kappa shape index (κ1) is 22.5. The molecule has 0 aliphatic heterocycles. The van der Waals surface area contributed by atoms with Gasteiger partial charge in [0.1, 0.15) is 0 Å². The van der Waals surface area contributed by atoms with E-state index in [-0.39, 0.29) is 12.3 Å². The second-order valence-electron chi connectivity index (χ2n) is 0.686. The molecule has 0 aromatic heterocycles. The summed E-state index contributed by atoms with van der Waals surface area (Å²) in [6.07, 6.45) is 0. The molecule has 10 nitrogen and oxygen atoms in total. The average Bonchev–Trinajstić information content (AvgIpc) is 1.19. The van der Waals surface area contributed by atoms with Crippen molar-refractivity contribution >= 4 is 10.4 Å². The minimum Gasteiger partial charge on any atom is -0.344 e. The summed E-state index contributed by atoms with van der Waals surface area (Å²) in [5.74, 6) is 0. The van der Waals surface area contributed by atoms with Crippen LogP contribution in [0.15, 0.2) is 0 Å². The lowest BCUT2D eigenvalue weighted by atomic mass is 13.1. The first-order valence-electron chi connectivity index (χ1n) is 1.26. The Kier molecular flexibility index (Phi) is 18.4. The largest absolute Gasteiger partial charge is 0.394 e. The summed E-state index contributed by atoms with van der Waals surface area (Å²) in [5, 5.41) is 13.6. The van der Waals surface area contributed by atoms with E-state index in [1.54, 1.807) is 0 Å². The molecule has 0 unspecified atom stereocenters. The molecular weight excluding hydrogens is 186 g/mol. The van der Waals surface area contributed by atoms with Crippen LogP contribution < -0.4 is 12.3 Å². The highest BCUT2D eigenvalue weighted by Crippen LogP contribution is 1.59. The van der Waals surface area contributed by atoms with Gasteiger partial charge in [0, 0.05) is 0 Å². The van der Waals surface area contributed by atoms with Crippen molar-refractivity contribution in [2.45, 2.75) is 0 Å². The van der Waals surface area contributed by atoms with E-state index < -0.39 is 15.5 Å². The van der Waals surface area contributed by atoms with Gasteiger partial charge in [0.2, 0.25) is 0 Å². The zero-order chi connectivity index (χ0) is 8.08. The summed E-state index contributed by atoms with van der Waals surface area (Å²) in [6.45, 7) is 0. The molecule has 0 rings (SSSR count). The average molecular weight is 195 g/mol. The van der Waals surface area contributed by atoms with Gasteiger partial charge in [0.25, 0.3) is 5.09 Å². The molecule has 0 saturated carbocycles. The molecule has 0 saturated heterocycles. The molecule has 0 radical (unpaired) electrons. The second-order valence-corrected chi connectivity index (χ2v) is 1.58. The van der Waals surface area contributed by atoms with E-state index in [9.17, 15) is 0 Å². The Morgan fingerprint density at radius 1 is 1.18 bits per heavy atom. The zero-order valence-corrected chi connectivity index (χ0v) is 6.06. The highest BCUT2D eigenvalue weighted by molar-refractivity contribution is 7.79. The SMILES string of the molecule is N.N.O=S(=O)(O)O.O=[N+]([O-])O. The quantitative estimate of drug-likeness (QED) is 0.188. The van der Waals surface area contributed by atoms with Crippen molar-refractivity contribution < 1.29 is 27.8 Å². The summed E-state index contributed by atoms with van der Waals surface area (Å²) in [4.78, 5) is 8.36. The molecule has 72 valence electrons. The van der Waals surface area contributed by atoms with Crippen molar-refractivity contribution in [3.05, 3.63) is 10.1 Å². The fraction of sp³-hybridized carbons (Fsp3) is 0. The Labute approximate surface area is 61.7 Å². The smallest absolute Gasteiger partial charge is 0.344 e. The van der Waals surface area contributed by atoms with Gasteiger partial charge in [0.05, 0.1) is 0 Å². The minimum atomic E-state index is -4.67. The molecule has 0 heterocycles. The maximum Gasteiger partial charge on any atom is 0.394 e. The van der Waals surface area contributed by atoms with Crippen molar-refractivity contribution in [3.8, 4) is 0 Å². The number of hydrogen-bond donors (Lipinski definition) is 5. The molecule has 11 heavy (non-hydrogen) atoms. The topological polar surface area (TPSA) is 208 Å². The van der Waals surface area contributed by atoms with Gasteiger partial charge >= 0.3 is 10.4 Å². The van der Waals surface area contributed by atoms with Gasteiger partial charge in [-0.25, -0.2) is 0 Å². The van der Waals surface area contributed by atoms with Crippen LogP contribution in [-0.2, 0) is 10.4 Å². The second kappa shape index (κ2) is 8.99. The van der Waals surface area contributed by atoms with E-state index in [4.69, 9.17) is 32.8 Å². The Balaban J connectivity index is -0.0000000383. The third kappa shape index (κ3) is 431. The van der Waals surface area contributed by atoms with Crippen LogP contribution in [0.25, 0.3) is 0 Å². The van der Waals surface area contributed by atoms with Crippen LogP contribution in [0.3, 0.4) is 0 Å². The predicted octanol–water partition coefficient (Wildman–Crippen LogP) is -0.676. The van der Waals surface area contributed by atoms with Crippen LogP contribution in [-0.4, -0.2) is 27.8 Å². The monoisotopic (exact) mass is 195 g/mol. The van der Waals surface area contributed by atoms with Crippen LogP contribution in [0.2, 0.25) is 0 Å². The first-order chi connectivity index (χ1) is 3.73. The van der Waals surface area contributed by atoms with Crippen molar-refractivity contribution in [1.82, 2.24) is 12.3 Å². The summed E-state index contributed by atoms with van der Waals surface area (Å²) in [7, 11) is -4.67. The Bertz CT molecular complexity index is 156. The summed E-state index contributed by atoms with van der Waals surface area (Å²) in [5.41, 5.74) is 0. The minimum absolute atomic E-state index is 0. The van der Waals surface area contributed by atoms with E-state index in [2.05, 4.69) is 0 Å². The molecular formula is H9N3O7S. The summed E-state index contributed by atoms with van der Waals surface area (Å²) in [6, 6.07) is 0. The first-order valence-corrected chi connectivity index (χ1v) is 2.66. The van der Waals surface area contributed by atoms with Gasteiger partial charge in [-0.1, -0.05) is 0 Å². The Morgan fingerprint density at radius 3 is 1.18 bits per heavy atom. The molecule has 11 heteroatoms. The van der Waals surface area contributed by atoms with Gasteiger partial charge in [-0.2, -0.15) is 8.42 Å². The lowest BCUT2D eigenvalue weighted by molar-refractivity contribution is -0.742. The van der Waals surface area contributed by atoms with Crippen molar-refractivity contribution in [1.29, 1.82) is 0 Å². The Hall–Kier alpha value is -1.01. The van der Waals surface area contributed by atoms with Crippen molar-refractivity contribution in [2.75, 3.05) is 0 Å². The predicted molar refractivity (Wildman–Crippen MR) is 33.0 cm³/mol. The normalized spacial score (nSPS) is 7.45. The van der Waals surface area contributed by atoms with Gasteiger partial charge < -0.3 is 17.5 Å². The Morgan fingerprint density at radius 2 is 1.18 bits per heavy atom. The lowest BCUT2D eigenvalue weighted by Crippen LogP contribution is -1.89. The highest BCUT2D eigenvalue weighted by atomic mass is 32.3.